The highest BCUT2D eigenvalue weighted by atomic mass is 15.4. The van der Waals surface area contributed by atoms with Crippen LogP contribution >= 0.6 is 0 Å². The normalized spacial score (nSPS) is 27.1. The van der Waals surface area contributed by atoms with Crippen molar-refractivity contribution < 1.29 is 0 Å². The van der Waals surface area contributed by atoms with Gasteiger partial charge in [0.15, 0.2) is 0 Å². The first-order valence-corrected chi connectivity index (χ1v) is 7.68. The van der Waals surface area contributed by atoms with E-state index in [2.05, 4.69) is 38.6 Å². The average molecular weight is 276 g/mol. The third kappa shape index (κ3) is 2.51. The van der Waals surface area contributed by atoms with Crippen LogP contribution in [0.15, 0.2) is 0 Å². The number of rotatable bonds is 2. The van der Waals surface area contributed by atoms with Crippen LogP contribution in [0.3, 0.4) is 0 Å². The molecule has 0 aliphatic carbocycles. The van der Waals surface area contributed by atoms with Gasteiger partial charge >= 0.3 is 0 Å². The SMILES string of the molecule is CC1CCCN(c2nc(N)nc(N3CCCC3)n2)C1C. The molecule has 0 amide bonds. The molecule has 3 heterocycles. The maximum absolute atomic E-state index is 5.90. The Morgan fingerprint density at radius 2 is 1.65 bits per heavy atom. The van der Waals surface area contributed by atoms with E-state index in [4.69, 9.17) is 5.73 Å². The van der Waals surface area contributed by atoms with E-state index in [-0.39, 0.29) is 0 Å². The molecular formula is C14H24N6. The summed E-state index contributed by atoms with van der Waals surface area (Å²) in [5.74, 6) is 2.49. The lowest BCUT2D eigenvalue weighted by atomic mass is 9.92. The van der Waals surface area contributed by atoms with Gasteiger partial charge in [0.2, 0.25) is 17.8 Å². The van der Waals surface area contributed by atoms with E-state index in [0.29, 0.717) is 17.9 Å². The van der Waals surface area contributed by atoms with Crippen molar-refractivity contribution in [3.63, 3.8) is 0 Å². The molecule has 6 nitrogen and oxygen atoms in total. The number of nitrogen functional groups attached to an aromatic ring is 1. The second-order valence-corrected chi connectivity index (χ2v) is 6.04. The quantitative estimate of drug-likeness (QED) is 0.886. The molecule has 2 saturated heterocycles. The van der Waals surface area contributed by atoms with Gasteiger partial charge in [0.1, 0.15) is 0 Å². The summed E-state index contributed by atoms with van der Waals surface area (Å²) >= 11 is 0. The third-order valence-electron chi connectivity index (χ3n) is 4.65. The zero-order valence-corrected chi connectivity index (χ0v) is 12.4. The van der Waals surface area contributed by atoms with Crippen LogP contribution in [0.5, 0.6) is 0 Å². The van der Waals surface area contributed by atoms with E-state index in [1.165, 1.54) is 25.7 Å². The van der Waals surface area contributed by atoms with Gasteiger partial charge in [0.05, 0.1) is 0 Å². The van der Waals surface area contributed by atoms with Crippen LogP contribution in [0.25, 0.3) is 0 Å². The van der Waals surface area contributed by atoms with Crippen LogP contribution in [0.2, 0.25) is 0 Å². The number of aromatic nitrogens is 3. The molecule has 1 aromatic rings. The van der Waals surface area contributed by atoms with E-state index in [0.717, 1.165) is 31.5 Å². The lowest BCUT2D eigenvalue weighted by Gasteiger charge is -2.38. The molecule has 3 rings (SSSR count). The maximum atomic E-state index is 5.90. The summed E-state index contributed by atoms with van der Waals surface area (Å²) in [6, 6.07) is 0.456. The summed E-state index contributed by atoms with van der Waals surface area (Å²) < 4.78 is 0. The summed E-state index contributed by atoms with van der Waals surface area (Å²) in [6.07, 6.45) is 4.88. The molecule has 2 N–H and O–H groups in total. The van der Waals surface area contributed by atoms with Crippen LogP contribution in [0.4, 0.5) is 17.8 Å². The molecule has 0 radical (unpaired) electrons. The van der Waals surface area contributed by atoms with Crippen LogP contribution in [-0.4, -0.2) is 40.6 Å². The van der Waals surface area contributed by atoms with Crippen molar-refractivity contribution in [3.05, 3.63) is 0 Å². The van der Waals surface area contributed by atoms with E-state index < -0.39 is 0 Å². The largest absolute Gasteiger partial charge is 0.368 e. The van der Waals surface area contributed by atoms with Crippen LogP contribution in [-0.2, 0) is 0 Å². The molecule has 20 heavy (non-hydrogen) atoms. The number of hydrogen-bond acceptors (Lipinski definition) is 6. The highest BCUT2D eigenvalue weighted by Crippen LogP contribution is 2.27. The zero-order chi connectivity index (χ0) is 14.1. The fraction of sp³-hybridized carbons (Fsp3) is 0.786. The number of anilines is 3. The first-order valence-electron chi connectivity index (χ1n) is 7.68. The Hall–Kier alpha value is -1.59. The topological polar surface area (TPSA) is 71.2 Å². The monoisotopic (exact) mass is 276 g/mol. The molecule has 1 aromatic heterocycles. The Labute approximate surface area is 120 Å². The Bertz CT molecular complexity index is 471. The van der Waals surface area contributed by atoms with Crippen molar-refractivity contribution in [2.24, 2.45) is 5.92 Å². The predicted molar refractivity (Wildman–Crippen MR) is 80.9 cm³/mol. The molecule has 6 heteroatoms. The number of piperidine rings is 1. The molecule has 2 fully saturated rings. The minimum atomic E-state index is 0.335. The summed E-state index contributed by atoms with van der Waals surface area (Å²) in [7, 11) is 0. The smallest absolute Gasteiger partial charge is 0.232 e. The van der Waals surface area contributed by atoms with Gasteiger partial charge < -0.3 is 15.5 Å². The van der Waals surface area contributed by atoms with Gasteiger partial charge in [-0.3, -0.25) is 0 Å². The van der Waals surface area contributed by atoms with Gasteiger partial charge in [-0.25, -0.2) is 0 Å². The van der Waals surface area contributed by atoms with Gasteiger partial charge in [-0.15, -0.1) is 0 Å². The highest BCUT2D eigenvalue weighted by Gasteiger charge is 2.28. The number of nitrogens with zero attached hydrogens (tertiary/aromatic N) is 5. The standard InChI is InChI=1S/C14H24N6/c1-10-6-5-9-20(11(10)2)14-17-12(15)16-13(18-14)19-7-3-4-8-19/h10-11H,3-9H2,1-2H3,(H2,15,16,17,18). The van der Waals surface area contributed by atoms with Crippen LogP contribution in [0, 0.1) is 5.92 Å². The predicted octanol–water partition coefficient (Wildman–Crippen LogP) is 1.68. The molecule has 2 atom stereocenters. The molecule has 2 aliphatic rings. The number of hydrogen-bond donors (Lipinski definition) is 1. The minimum absolute atomic E-state index is 0.335. The second-order valence-electron chi connectivity index (χ2n) is 6.04. The summed E-state index contributed by atoms with van der Waals surface area (Å²) in [5.41, 5.74) is 5.90. The molecule has 0 bridgehead atoms. The van der Waals surface area contributed by atoms with Crippen molar-refractivity contribution in [2.45, 2.75) is 45.6 Å². The Kier molecular flexibility index (Phi) is 3.63. The molecule has 2 unspecified atom stereocenters. The average Bonchev–Trinajstić information content (AvgIpc) is 2.95. The first-order chi connectivity index (χ1) is 9.65. The van der Waals surface area contributed by atoms with Crippen molar-refractivity contribution in [1.29, 1.82) is 0 Å². The fourth-order valence-electron chi connectivity index (χ4n) is 3.17. The fourth-order valence-corrected chi connectivity index (χ4v) is 3.17. The van der Waals surface area contributed by atoms with Crippen molar-refractivity contribution in [3.8, 4) is 0 Å². The van der Waals surface area contributed by atoms with Crippen LogP contribution in [0.1, 0.15) is 39.5 Å². The Balaban J connectivity index is 1.88. The molecular weight excluding hydrogens is 252 g/mol. The second kappa shape index (κ2) is 5.42. The summed E-state index contributed by atoms with van der Waals surface area (Å²) in [4.78, 5) is 17.8. The Morgan fingerprint density at radius 1 is 0.950 bits per heavy atom. The third-order valence-corrected chi connectivity index (χ3v) is 4.65. The van der Waals surface area contributed by atoms with Crippen molar-refractivity contribution in [2.75, 3.05) is 35.2 Å². The Morgan fingerprint density at radius 3 is 2.40 bits per heavy atom. The van der Waals surface area contributed by atoms with Crippen molar-refractivity contribution >= 4 is 17.8 Å². The molecule has 0 saturated carbocycles. The van der Waals surface area contributed by atoms with E-state index >= 15 is 0 Å². The lowest BCUT2D eigenvalue weighted by molar-refractivity contribution is 0.359. The molecule has 0 aromatic carbocycles. The minimum Gasteiger partial charge on any atom is -0.368 e. The summed E-state index contributed by atoms with van der Waals surface area (Å²) in [5, 5.41) is 0. The first kappa shape index (κ1) is 13.4. The molecule has 2 aliphatic heterocycles. The zero-order valence-electron chi connectivity index (χ0n) is 12.4. The van der Waals surface area contributed by atoms with Gasteiger partial charge in [-0.05, 0) is 38.5 Å². The van der Waals surface area contributed by atoms with E-state index in [1.807, 2.05) is 0 Å². The van der Waals surface area contributed by atoms with Gasteiger partial charge in [0, 0.05) is 25.7 Å². The lowest BCUT2D eigenvalue weighted by Crippen LogP contribution is -2.43. The van der Waals surface area contributed by atoms with Crippen LogP contribution < -0.4 is 15.5 Å². The van der Waals surface area contributed by atoms with Gasteiger partial charge in [0.25, 0.3) is 0 Å². The van der Waals surface area contributed by atoms with Gasteiger partial charge in [-0.1, -0.05) is 6.92 Å². The molecule has 110 valence electrons. The van der Waals surface area contributed by atoms with E-state index in [9.17, 15) is 0 Å². The van der Waals surface area contributed by atoms with E-state index in [1.54, 1.807) is 0 Å². The van der Waals surface area contributed by atoms with Gasteiger partial charge in [-0.2, -0.15) is 15.0 Å². The van der Waals surface area contributed by atoms with Crippen molar-refractivity contribution in [1.82, 2.24) is 15.0 Å². The maximum Gasteiger partial charge on any atom is 0.232 e. The molecule has 0 spiro atoms. The number of nitrogens with two attached hydrogens (primary N) is 1. The highest BCUT2D eigenvalue weighted by molar-refractivity contribution is 5.45. The summed E-state index contributed by atoms with van der Waals surface area (Å²) in [6.45, 7) is 7.60.